The summed E-state index contributed by atoms with van der Waals surface area (Å²) >= 11 is 3.40. The first-order chi connectivity index (χ1) is 11.3. The van der Waals surface area contributed by atoms with Crippen molar-refractivity contribution in [2.45, 2.75) is 76.5 Å². The molecule has 0 radical (unpaired) electrons. The van der Waals surface area contributed by atoms with Crippen LogP contribution in [0.2, 0.25) is 0 Å². The Morgan fingerprint density at radius 3 is 1.91 bits per heavy atom. The fraction of sp³-hybridized carbons (Fsp3) is 0.650. The van der Waals surface area contributed by atoms with Crippen molar-refractivity contribution < 1.29 is 9.53 Å². The van der Waals surface area contributed by atoms with Crippen molar-refractivity contribution in [2.75, 3.05) is 6.61 Å². The van der Waals surface area contributed by atoms with Gasteiger partial charge >= 0.3 is 5.97 Å². The number of carbonyl (C=O) groups is 1. The summed E-state index contributed by atoms with van der Waals surface area (Å²) in [6.45, 7) is 2.79. The maximum Gasteiger partial charge on any atom is 0.338 e. The van der Waals surface area contributed by atoms with Gasteiger partial charge in [-0.05, 0) is 24.1 Å². The topological polar surface area (TPSA) is 26.3 Å². The lowest BCUT2D eigenvalue weighted by atomic mass is 10.1. The van der Waals surface area contributed by atoms with Crippen LogP contribution in [0.25, 0.3) is 0 Å². The predicted molar refractivity (Wildman–Crippen MR) is 101 cm³/mol. The summed E-state index contributed by atoms with van der Waals surface area (Å²) < 4.78 is 5.32. The van der Waals surface area contributed by atoms with E-state index >= 15 is 0 Å². The van der Waals surface area contributed by atoms with Crippen molar-refractivity contribution in [1.29, 1.82) is 0 Å². The van der Waals surface area contributed by atoms with Crippen LogP contribution in [-0.4, -0.2) is 12.6 Å². The van der Waals surface area contributed by atoms with Gasteiger partial charge in [0.25, 0.3) is 0 Å². The van der Waals surface area contributed by atoms with Gasteiger partial charge in [0.15, 0.2) is 0 Å². The maximum absolute atomic E-state index is 11.9. The van der Waals surface area contributed by atoms with Crippen LogP contribution < -0.4 is 0 Å². The molecule has 0 atom stereocenters. The number of halogens is 1. The summed E-state index contributed by atoms with van der Waals surface area (Å²) in [4.78, 5) is 11.9. The zero-order valence-corrected chi connectivity index (χ0v) is 16.1. The molecule has 23 heavy (non-hydrogen) atoms. The minimum absolute atomic E-state index is 0.206. The van der Waals surface area contributed by atoms with Crippen molar-refractivity contribution in [3.8, 4) is 0 Å². The number of rotatable bonds is 13. The number of carbonyl (C=O) groups excluding carboxylic acids is 1. The summed E-state index contributed by atoms with van der Waals surface area (Å²) in [5.74, 6) is -0.206. The zero-order valence-electron chi connectivity index (χ0n) is 14.5. The first kappa shape index (κ1) is 20.2. The lowest BCUT2D eigenvalue weighted by molar-refractivity contribution is 0.0497. The third kappa shape index (κ3) is 9.80. The van der Waals surface area contributed by atoms with Gasteiger partial charge in [-0.3, -0.25) is 0 Å². The largest absolute Gasteiger partial charge is 0.462 e. The molecule has 0 saturated carbocycles. The van der Waals surface area contributed by atoms with Crippen LogP contribution in [0.4, 0.5) is 0 Å². The highest BCUT2D eigenvalue weighted by Gasteiger charge is 2.06. The van der Waals surface area contributed by atoms with E-state index in [1.54, 1.807) is 0 Å². The summed E-state index contributed by atoms with van der Waals surface area (Å²) in [5, 5.41) is 0.806. The quantitative estimate of drug-likeness (QED) is 0.216. The van der Waals surface area contributed by atoms with Crippen LogP contribution in [0.5, 0.6) is 0 Å². The Morgan fingerprint density at radius 1 is 0.870 bits per heavy atom. The average molecular weight is 383 g/mol. The van der Waals surface area contributed by atoms with Gasteiger partial charge in [0.2, 0.25) is 0 Å². The van der Waals surface area contributed by atoms with Crippen molar-refractivity contribution in [2.24, 2.45) is 0 Å². The van der Waals surface area contributed by atoms with E-state index in [4.69, 9.17) is 4.74 Å². The van der Waals surface area contributed by atoms with Crippen LogP contribution >= 0.6 is 15.9 Å². The van der Waals surface area contributed by atoms with Gasteiger partial charge in [-0.2, -0.15) is 0 Å². The Morgan fingerprint density at radius 2 is 1.39 bits per heavy atom. The van der Waals surface area contributed by atoms with E-state index in [-0.39, 0.29) is 5.97 Å². The molecule has 1 aromatic rings. The van der Waals surface area contributed by atoms with E-state index in [1.807, 2.05) is 24.3 Å². The smallest absolute Gasteiger partial charge is 0.338 e. The van der Waals surface area contributed by atoms with Crippen LogP contribution in [0.1, 0.15) is 87.1 Å². The molecule has 130 valence electrons. The van der Waals surface area contributed by atoms with Crippen LogP contribution in [0, 0.1) is 0 Å². The minimum atomic E-state index is -0.206. The molecular weight excluding hydrogens is 352 g/mol. The van der Waals surface area contributed by atoms with Crippen molar-refractivity contribution in [3.63, 3.8) is 0 Å². The summed E-state index contributed by atoms with van der Waals surface area (Å²) in [5.41, 5.74) is 1.80. The number of hydrogen-bond donors (Lipinski definition) is 0. The Labute approximate surface area is 150 Å². The first-order valence-electron chi connectivity index (χ1n) is 9.10. The Bertz CT molecular complexity index is 414. The third-order valence-electron chi connectivity index (χ3n) is 4.07. The van der Waals surface area contributed by atoms with Crippen LogP contribution in [-0.2, 0) is 10.1 Å². The molecular formula is C20H31BrO2. The normalized spacial score (nSPS) is 10.7. The first-order valence-corrected chi connectivity index (χ1v) is 10.2. The van der Waals surface area contributed by atoms with Crippen molar-refractivity contribution in [1.82, 2.24) is 0 Å². The lowest BCUT2D eigenvalue weighted by Crippen LogP contribution is -2.06. The second-order valence-corrected chi connectivity index (χ2v) is 6.71. The fourth-order valence-electron chi connectivity index (χ4n) is 2.57. The van der Waals surface area contributed by atoms with Crippen LogP contribution in [0.3, 0.4) is 0 Å². The van der Waals surface area contributed by atoms with E-state index in [2.05, 4.69) is 22.9 Å². The molecule has 0 spiro atoms. The van der Waals surface area contributed by atoms with E-state index in [0.717, 1.165) is 23.7 Å². The Balaban J connectivity index is 1.97. The van der Waals surface area contributed by atoms with Gasteiger partial charge in [-0.25, -0.2) is 4.79 Å². The highest BCUT2D eigenvalue weighted by atomic mass is 79.9. The second kappa shape index (κ2) is 13.6. The summed E-state index contributed by atoms with van der Waals surface area (Å²) in [6, 6.07) is 7.56. The fourth-order valence-corrected chi connectivity index (χ4v) is 2.94. The van der Waals surface area contributed by atoms with Crippen molar-refractivity contribution >= 4 is 21.9 Å². The molecule has 0 aliphatic rings. The van der Waals surface area contributed by atoms with Crippen molar-refractivity contribution in [3.05, 3.63) is 35.4 Å². The molecule has 0 aliphatic carbocycles. The van der Waals surface area contributed by atoms with Gasteiger partial charge in [0.1, 0.15) is 0 Å². The molecule has 0 bridgehead atoms. The number of hydrogen-bond acceptors (Lipinski definition) is 2. The molecule has 0 saturated heterocycles. The predicted octanol–water partition coefficient (Wildman–Crippen LogP) is 6.66. The van der Waals surface area contributed by atoms with Gasteiger partial charge in [0, 0.05) is 5.33 Å². The molecule has 1 aromatic carbocycles. The number of unbranched alkanes of at least 4 members (excludes halogenated alkanes) is 9. The van der Waals surface area contributed by atoms with Gasteiger partial charge in [-0.1, -0.05) is 92.8 Å². The molecule has 0 amide bonds. The molecule has 0 aromatic heterocycles. The number of esters is 1. The number of ether oxygens (including phenoxy) is 1. The monoisotopic (exact) mass is 382 g/mol. The summed E-state index contributed by atoms with van der Waals surface area (Å²) in [7, 11) is 0. The molecule has 0 N–H and O–H groups in total. The van der Waals surface area contributed by atoms with E-state index in [9.17, 15) is 4.79 Å². The van der Waals surface area contributed by atoms with Crippen LogP contribution in [0.15, 0.2) is 24.3 Å². The Kier molecular flexibility index (Phi) is 11.9. The van der Waals surface area contributed by atoms with E-state index in [0.29, 0.717) is 12.2 Å². The van der Waals surface area contributed by atoms with Gasteiger partial charge in [-0.15, -0.1) is 0 Å². The highest BCUT2D eigenvalue weighted by Crippen LogP contribution is 2.12. The maximum atomic E-state index is 11.9. The zero-order chi connectivity index (χ0) is 16.8. The summed E-state index contributed by atoms with van der Waals surface area (Å²) in [6.07, 6.45) is 12.9. The molecule has 0 unspecified atom stereocenters. The minimum Gasteiger partial charge on any atom is -0.462 e. The van der Waals surface area contributed by atoms with Gasteiger partial charge in [0.05, 0.1) is 12.2 Å². The molecule has 0 fully saturated rings. The lowest BCUT2D eigenvalue weighted by Gasteiger charge is -2.05. The second-order valence-electron chi connectivity index (χ2n) is 6.15. The third-order valence-corrected chi connectivity index (χ3v) is 4.72. The Hall–Kier alpha value is -0.830. The SMILES string of the molecule is CCCCCCCCCCCCOC(=O)c1ccc(CBr)cc1. The molecule has 0 heterocycles. The molecule has 2 nitrogen and oxygen atoms in total. The molecule has 3 heteroatoms. The number of alkyl halides is 1. The van der Waals surface area contributed by atoms with E-state index < -0.39 is 0 Å². The standard InChI is InChI=1S/C20H31BrO2/c1-2-3-4-5-6-7-8-9-10-11-16-23-20(22)19-14-12-18(17-21)13-15-19/h12-15H,2-11,16-17H2,1H3. The average Bonchev–Trinajstić information content (AvgIpc) is 2.59. The number of benzene rings is 1. The van der Waals surface area contributed by atoms with Gasteiger partial charge < -0.3 is 4.74 Å². The molecule has 0 aliphatic heterocycles. The highest BCUT2D eigenvalue weighted by molar-refractivity contribution is 9.08. The molecule has 1 rings (SSSR count). The van der Waals surface area contributed by atoms with E-state index in [1.165, 1.54) is 51.4 Å².